The Morgan fingerprint density at radius 1 is 1.17 bits per heavy atom. The lowest BCUT2D eigenvalue weighted by Crippen LogP contribution is -2.47. The van der Waals surface area contributed by atoms with E-state index in [4.69, 9.17) is 5.73 Å². The molecule has 0 aliphatic rings. The number of rotatable bonds is 2. The van der Waals surface area contributed by atoms with E-state index in [9.17, 15) is 31.1 Å². The Bertz CT molecular complexity index is 471. The number of halogens is 6. The maximum Gasteiger partial charge on any atom is 0.463 e. The van der Waals surface area contributed by atoms with Gasteiger partial charge in [0.05, 0.1) is 5.69 Å². The lowest BCUT2D eigenvalue weighted by atomic mass is 10.2. The monoisotopic (exact) mass is 272 g/mol. The molecule has 3 N–H and O–H groups in total. The summed E-state index contributed by atoms with van der Waals surface area (Å²) >= 11 is 0. The van der Waals surface area contributed by atoms with Crippen molar-refractivity contribution in [3.05, 3.63) is 24.0 Å². The molecule has 9 heteroatoms. The van der Waals surface area contributed by atoms with Gasteiger partial charge in [0.15, 0.2) is 0 Å². The minimum absolute atomic E-state index is 0.470. The maximum absolute atomic E-state index is 12.7. The van der Waals surface area contributed by atoms with Gasteiger partial charge in [0.2, 0.25) is 0 Å². The Morgan fingerprint density at radius 2 is 1.72 bits per heavy atom. The summed E-state index contributed by atoms with van der Waals surface area (Å²) in [6.07, 6.45) is -6.01. The minimum Gasteiger partial charge on any atom is -0.396 e. The highest BCUT2D eigenvalue weighted by molar-refractivity contribution is 5.97. The first kappa shape index (κ1) is 14.1. The largest absolute Gasteiger partial charge is 0.463 e. The second-order valence-corrected chi connectivity index (χ2v) is 3.26. The van der Waals surface area contributed by atoms with Crippen molar-refractivity contribution in [2.24, 2.45) is 0 Å². The lowest BCUT2D eigenvalue weighted by Gasteiger charge is -2.18. The standard InChI is InChI=1S/C9H6F6N2O/c10-5-2-1-4(3-6(5)16)17-7(18)8(11,12)9(13,14)15/h1-3H,16H2,(H,17,18). The van der Waals surface area contributed by atoms with Crippen LogP contribution in [0.25, 0.3) is 0 Å². The molecule has 3 nitrogen and oxygen atoms in total. The number of nitrogens with one attached hydrogen (secondary N) is 1. The maximum atomic E-state index is 12.7. The molecule has 0 fully saturated rings. The molecule has 0 aliphatic carbocycles. The van der Waals surface area contributed by atoms with Gasteiger partial charge in [0.25, 0.3) is 0 Å². The van der Waals surface area contributed by atoms with E-state index >= 15 is 0 Å². The van der Waals surface area contributed by atoms with Crippen molar-refractivity contribution in [2.45, 2.75) is 12.1 Å². The molecule has 1 aromatic rings. The predicted octanol–water partition coefficient (Wildman–Crippen LogP) is 2.54. The van der Waals surface area contributed by atoms with Crippen LogP contribution in [0.2, 0.25) is 0 Å². The number of hydrogen-bond donors (Lipinski definition) is 2. The summed E-state index contributed by atoms with van der Waals surface area (Å²) in [5.74, 6) is -9.01. The molecule has 0 aromatic heterocycles. The molecule has 1 aromatic carbocycles. The smallest absolute Gasteiger partial charge is 0.396 e. The van der Waals surface area contributed by atoms with Crippen LogP contribution in [0.3, 0.4) is 0 Å². The summed E-state index contributed by atoms with van der Waals surface area (Å²) < 4.78 is 73.3. The zero-order valence-electron chi connectivity index (χ0n) is 8.49. The van der Waals surface area contributed by atoms with E-state index in [0.717, 1.165) is 18.2 Å². The normalized spacial score (nSPS) is 12.3. The highest BCUT2D eigenvalue weighted by Crippen LogP contribution is 2.36. The van der Waals surface area contributed by atoms with Crippen molar-refractivity contribution in [1.82, 2.24) is 0 Å². The van der Waals surface area contributed by atoms with Crippen LogP contribution in [0, 0.1) is 5.82 Å². The molecule has 18 heavy (non-hydrogen) atoms. The zero-order chi connectivity index (χ0) is 14.1. The third kappa shape index (κ3) is 2.66. The van der Waals surface area contributed by atoms with Crippen molar-refractivity contribution >= 4 is 17.3 Å². The van der Waals surface area contributed by atoms with E-state index in [1.54, 1.807) is 0 Å². The van der Waals surface area contributed by atoms with Gasteiger partial charge in [0.1, 0.15) is 5.82 Å². The molecule has 0 saturated carbocycles. The number of benzene rings is 1. The zero-order valence-corrected chi connectivity index (χ0v) is 8.49. The van der Waals surface area contributed by atoms with E-state index in [1.165, 1.54) is 5.32 Å². The summed E-state index contributed by atoms with van der Waals surface area (Å²) in [5.41, 5.74) is 4.09. The van der Waals surface area contributed by atoms with Crippen LogP contribution in [0.5, 0.6) is 0 Å². The lowest BCUT2D eigenvalue weighted by molar-refractivity contribution is -0.267. The van der Waals surface area contributed by atoms with Gasteiger partial charge >= 0.3 is 18.0 Å². The number of amides is 1. The van der Waals surface area contributed by atoms with Crippen molar-refractivity contribution in [1.29, 1.82) is 0 Å². The Kier molecular flexibility index (Phi) is 3.45. The first-order chi connectivity index (χ1) is 8.05. The Labute approximate surface area is 96.6 Å². The molecule has 0 bridgehead atoms. The second-order valence-electron chi connectivity index (χ2n) is 3.26. The first-order valence-corrected chi connectivity index (χ1v) is 4.36. The van der Waals surface area contributed by atoms with Gasteiger partial charge in [-0.25, -0.2) is 4.39 Å². The van der Waals surface area contributed by atoms with Crippen LogP contribution in [0.4, 0.5) is 37.7 Å². The molecule has 1 amide bonds. The summed E-state index contributed by atoms with van der Waals surface area (Å²) in [4.78, 5) is 10.8. The molecular weight excluding hydrogens is 266 g/mol. The number of nitrogens with two attached hydrogens (primary N) is 1. The fourth-order valence-electron chi connectivity index (χ4n) is 0.960. The Balaban J connectivity index is 2.91. The fraction of sp³-hybridized carbons (Fsp3) is 0.222. The van der Waals surface area contributed by atoms with Crippen LogP contribution >= 0.6 is 0 Å². The third-order valence-corrected chi connectivity index (χ3v) is 1.90. The molecule has 0 radical (unpaired) electrons. The van der Waals surface area contributed by atoms with Crippen LogP contribution in [0.15, 0.2) is 18.2 Å². The van der Waals surface area contributed by atoms with Crippen LogP contribution in [0.1, 0.15) is 0 Å². The molecule has 0 saturated heterocycles. The van der Waals surface area contributed by atoms with Gasteiger partial charge in [-0.1, -0.05) is 0 Å². The quantitative estimate of drug-likeness (QED) is 0.642. The van der Waals surface area contributed by atoms with Crippen molar-refractivity contribution in [2.75, 3.05) is 11.1 Å². The number of nitrogen functional groups attached to an aromatic ring is 1. The second kappa shape index (κ2) is 4.39. The van der Waals surface area contributed by atoms with Gasteiger partial charge in [-0.2, -0.15) is 22.0 Å². The molecule has 0 aliphatic heterocycles. The summed E-state index contributed by atoms with van der Waals surface area (Å²) in [6.45, 7) is 0. The Hall–Kier alpha value is -1.93. The topological polar surface area (TPSA) is 55.1 Å². The summed E-state index contributed by atoms with van der Waals surface area (Å²) in [7, 11) is 0. The predicted molar refractivity (Wildman–Crippen MR) is 50.4 cm³/mol. The first-order valence-electron chi connectivity index (χ1n) is 4.36. The van der Waals surface area contributed by atoms with Crippen molar-refractivity contribution < 1.29 is 31.1 Å². The van der Waals surface area contributed by atoms with E-state index < -0.39 is 35.2 Å². The number of hydrogen-bond acceptors (Lipinski definition) is 2. The number of carbonyl (C=O) groups is 1. The molecule has 100 valence electrons. The van der Waals surface area contributed by atoms with Crippen LogP contribution in [-0.4, -0.2) is 18.0 Å². The fourth-order valence-corrected chi connectivity index (χ4v) is 0.960. The van der Waals surface area contributed by atoms with Gasteiger partial charge in [-0.3, -0.25) is 4.79 Å². The van der Waals surface area contributed by atoms with E-state index in [1.807, 2.05) is 0 Å². The summed E-state index contributed by atoms with van der Waals surface area (Å²) in [5, 5.41) is 1.30. The van der Waals surface area contributed by atoms with E-state index in [-0.39, 0.29) is 0 Å². The molecule has 0 spiro atoms. The van der Waals surface area contributed by atoms with Gasteiger partial charge < -0.3 is 11.1 Å². The van der Waals surface area contributed by atoms with Crippen molar-refractivity contribution in [3.63, 3.8) is 0 Å². The highest BCUT2D eigenvalue weighted by Gasteiger charge is 2.63. The van der Waals surface area contributed by atoms with E-state index in [2.05, 4.69) is 0 Å². The molecule has 0 atom stereocenters. The third-order valence-electron chi connectivity index (χ3n) is 1.90. The SMILES string of the molecule is Nc1cc(NC(=O)C(F)(F)C(F)(F)F)ccc1F. The van der Waals surface area contributed by atoms with Crippen molar-refractivity contribution in [3.8, 4) is 0 Å². The molecule has 0 unspecified atom stereocenters. The highest BCUT2D eigenvalue weighted by atomic mass is 19.4. The van der Waals surface area contributed by atoms with E-state index in [0.29, 0.717) is 0 Å². The average molecular weight is 272 g/mol. The number of anilines is 2. The van der Waals surface area contributed by atoms with Crippen LogP contribution < -0.4 is 11.1 Å². The van der Waals surface area contributed by atoms with Crippen LogP contribution in [-0.2, 0) is 4.79 Å². The Morgan fingerprint density at radius 3 is 2.17 bits per heavy atom. The minimum atomic E-state index is -6.01. The summed E-state index contributed by atoms with van der Waals surface area (Å²) in [6, 6.07) is 2.24. The molecular formula is C9H6F6N2O. The average Bonchev–Trinajstić information content (AvgIpc) is 2.21. The molecule has 1 rings (SSSR count). The van der Waals surface area contributed by atoms with Gasteiger partial charge in [-0.05, 0) is 18.2 Å². The van der Waals surface area contributed by atoms with Gasteiger partial charge in [-0.15, -0.1) is 0 Å². The number of carbonyl (C=O) groups excluding carboxylic acids is 1. The number of alkyl halides is 5. The molecule has 0 heterocycles. The van der Waals surface area contributed by atoms with Gasteiger partial charge in [0, 0.05) is 5.69 Å².